The highest BCUT2D eigenvalue weighted by Crippen LogP contribution is 2.38. The number of amides is 1. The molecule has 42 heavy (non-hydrogen) atoms. The van der Waals surface area contributed by atoms with Crippen molar-refractivity contribution in [2.75, 3.05) is 20.3 Å². The van der Waals surface area contributed by atoms with Gasteiger partial charge in [0.25, 0.3) is 0 Å². The minimum atomic E-state index is -2.12. The summed E-state index contributed by atoms with van der Waals surface area (Å²) in [5, 5.41) is 117. The van der Waals surface area contributed by atoms with Crippen LogP contribution in [-0.4, -0.2) is 180 Å². The number of ether oxygens (including phenoxy) is 4. The maximum atomic E-state index is 11.1. The van der Waals surface area contributed by atoms with E-state index in [0.29, 0.717) is 0 Å². The second-order valence-electron chi connectivity index (χ2n) is 9.72. The fraction of sp³-hybridized carbons (Fsp3) is 0.905. The number of aliphatic hydroxyl groups excluding tert-OH is 9. The van der Waals surface area contributed by atoms with Crippen LogP contribution in [-0.2, 0) is 18.9 Å². The standard InChI is InChI=1S/C19H35NO14.CH5N3.CH3NO2/c1-5-19(30,4-22)16(34-17-7(20-2)9(24)8(23)6(3-21)32-17)18(31-5)33-15-13(28)11(26)10(25)12(27)14(15)29;2*2-1(3)4/h5-18,20-30H,3-4H2,1-2H3;(H5,2,3,4);2H2,(H,3,4). The summed E-state index contributed by atoms with van der Waals surface area (Å²) >= 11 is 0. The molecule has 0 aromatic rings. The van der Waals surface area contributed by atoms with Crippen molar-refractivity contribution in [3.8, 4) is 0 Å². The topological polar surface area (TPSA) is 390 Å². The van der Waals surface area contributed by atoms with Crippen molar-refractivity contribution in [2.45, 2.75) is 98.3 Å². The molecule has 3 fully saturated rings. The SMILES string of the molecule is CNC1C(OC2C(OC3C(O)C(O)C(O)C(O)C3O)OC(C)C2(O)CO)OC(CO)C(O)C1O.N=C(N)N.NC(=O)O. The zero-order valence-corrected chi connectivity index (χ0v) is 22.7. The molecule has 0 aromatic carbocycles. The molecule has 13 unspecified atom stereocenters. The van der Waals surface area contributed by atoms with E-state index in [1.165, 1.54) is 14.0 Å². The predicted octanol–water partition coefficient (Wildman–Crippen LogP) is -8.47. The molecule has 0 spiro atoms. The molecule has 19 N–H and O–H groups in total. The molecule has 2 heterocycles. The molecule has 21 nitrogen and oxygen atoms in total. The van der Waals surface area contributed by atoms with Crippen LogP contribution in [0.5, 0.6) is 0 Å². The van der Waals surface area contributed by atoms with Gasteiger partial charge in [0.15, 0.2) is 18.5 Å². The second-order valence-corrected chi connectivity index (χ2v) is 9.72. The zero-order chi connectivity index (χ0) is 32.7. The average Bonchev–Trinajstić information content (AvgIpc) is 3.14. The molecule has 21 heteroatoms. The summed E-state index contributed by atoms with van der Waals surface area (Å²) in [7, 11) is 1.43. The van der Waals surface area contributed by atoms with Gasteiger partial charge in [-0.25, -0.2) is 4.79 Å². The Balaban J connectivity index is 0.000000978. The van der Waals surface area contributed by atoms with Crippen molar-refractivity contribution in [1.29, 1.82) is 5.41 Å². The average molecular weight is 622 g/mol. The second kappa shape index (κ2) is 16.1. The van der Waals surface area contributed by atoms with E-state index in [-0.39, 0.29) is 5.96 Å². The van der Waals surface area contributed by atoms with Crippen molar-refractivity contribution < 1.29 is 79.9 Å². The van der Waals surface area contributed by atoms with Crippen LogP contribution in [0.3, 0.4) is 0 Å². The number of nitrogens with two attached hydrogens (primary N) is 3. The normalized spacial score (nSPS) is 45.1. The van der Waals surface area contributed by atoms with Gasteiger partial charge in [0.05, 0.1) is 25.4 Å². The van der Waals surface area contributed by atoms with Crippen molar-refractivity contribution in [3.05, 3.63) is 0 Å². The summed E-state index contributed by atoms with van der Waals surface area (Å²) in [4.78, 5) is 8.78. The van der Waals surface area contributed by atoms with Gasteiger partial charge in [0, 0.05) is 0 Å². The largest absolute Gasteiger partial charge is 0.465 e. The number of nitrogens with one attached hydrogen (secondary N) is 2. The third-order valence-electron chi connectivity index (χ3n) is 6.89. The van der Waals surface area contributed by atoms with Crippen molar-refractivity contribution in [1.82, 2.24) is 5.32 Å². The lowest BCUT2D eigenvalue weighted by Gasteiger charge is -2.45. The Kier molecular flexibility index (Phi) is 14.6. The van der Waals surface area contributed by atoms with Crippen molar-refractivity contribution >= 4 is 12.1 Å². The van der Waals surface area contributed by atoms with Gasteiger partial charge in [0.2, 0.25) is 0 Å². The Morgan fingerprint density at radius 1 is 0.857 bits per heavy atom. The van der Waals surface area contributed by atoms with Crippen LogP contribution < -0.4 is 22.5 Å². The fourth-order valence-electron chi connectivity index (χ4n) is 4.52. The van der Waals surface area contributed by atoms with Gasteiger partial charge >= 0.3 is 6.09 Å². The van der Waals surface area contributed by atoms with E-state index < -0.39 is 111 Å². The Bertz CT molecular complexity index is 827. The third-order valence-corrected chi connectivity index (χ3v) is 6.89. The molecular weight excluding hydrogens is 578 g/mol. The van der Waals surface area contributed by atoms with E-state index in [4.69, 9.17) is 34.3 Å². The molecule has 0 aromatic heterocycles. The van der Waals surface area contributed by atoms with Gasteiger partial charge < -0.3 is 97.6 Å². The number of hydrogen-bond donors (Lipinski definition) is 16. The van der Waals surface area contributed by atoms with Crippen LogP contribution >= 0.6 is 0 Å². The maximum absolute atomic E-state index is 11.1. The van der Waals surface area contributed by atoms with Crippen LogP contribution in [0.15, 0.2) is 0 Å². The molecule has 1 amide bonds. The lowest BCUT2D eigenvalue weighted by molar-refractivity contribution is -0.324. The molecule has 3 rings (SSSR count). The number of guanidine groups is 1. The highest BCUT2D eigenvalue weighted by Gasteiger charge is 2.60. The Morgan fingerprint density at radius 2 is 1.31 bits per heavy atom. The van der Waals surface area contributed by atoms with Gasteiger partial charge in [-0.2, -0.15) is 0 Å². The van der Waals surface area contributed by atoms with E-state index in [1.54, 1.807) is 0 Å². The number of rotatable bonds is 7. The van der Waals surface area contributed by atoms with Gasteiger partial charge in [-0.3, -0.25) is 5.41 Å². The van der Waals surface area contributed by atoms with Gasteiger partial charge in [0.1, 0.15) is 66.6 Å². The number of carboxylic acid groups (broad SMARTS) is 1. The highest BCUT2D eigenvalue weighted by atomic mass is 16.8. The van der Waals surface area contributed by atoms with Crippen LogP contribution in [0.25, 0.3) is 0 Å². The number of likely N-dealkylation sites (N-methyl/N-ethyl adjacent to an activating group) is 1. The summed E-state index contributed by atoms with van der Waals surface area (Å²) in [5.74, 6) is -0.333. The smallest absolute Gasteiger partial charge is 0.402 e. The first-order valence-corrected chi connectivity index (χ1v) is 12.5. The minimum absolute atomic E-state index is 0.333. The van der Waals surface area contributed by atoms with Gasteiger partial charge in [-0.05, 0) is 14.0 Å². The Hall–Kier alpha value is -2.06. The van der Waals surface area contributed by atoms with Gasteiger partial charge in [-0.15, -0.1) is 0 Å². The van der Waals surface area contributed by atoms with Crippen molar-refractivity contribution in [3.63, 3.8) is 0 Å². The Morgan fingerprint density at radius 3 is 1.71 bits per heavy atom. The summed E-state index contributed by atoms with van der Waals surface area (Å²) in [6.45, 7) is -0.192. The molecule has 1 aliphatic carbocycles. The molecule has 1 saturated carbocycles. The molecule has 13 atom stereocenters. The first-order valence-electron chi connectivity index (χ1n) is 12.5. The molecular formula is C21H43N5O16. The summed E-state index contributed by atoms with van der Waals surface area (Å²) in [5.41, 5.74) is 10.9. The zero-order valence-electron chi connectivity index (χ0n) is 22.7. The quantitative estimate of drug-likeness (QED) is 0.0926. The number of carbonyl (C=O) groups is 1. The summed E-state index contributed by atoms with van der Waals surface area (Å²) in [6.07, 6.45) is -22.3. The lowest BCUT2D eigenvalue weighted by Crippen LogP contribution is -2.67. The van der Waals surface area contributed by atoms with Crippen molar-refractivity contribution in [2.24, 2.45) is 17.2 Å². The summed E-state index contributed by atoms with van der Waals surface area (Å²) < 4.78 is 22.5. The molecule has 0 radical (unpaired) electrons. The molecule has 248 valence electrons. The molecule has 3 aliphatic rings. The monoisotopic (exact) mass is 621 g/mol. The van der Waals surface area contributed by atoms with E-state index >= 15 is 0 Å². The predicted molar refractivity (Wildman–Crippen MR) is 135 cm³/mol. The minimum Gasteiger partial charge on any atom is -0.465 e. The number of hydrogen-bond acceptors (Lipinski definition) is 17. The fourth-order valence-corrected chi connectivity index (χ4v) is 4.52. The third kappa shape index (κ3) is 8.75. The first kappa shape index (κ1) is 38.0. The summed E-state index contributed by atoms with van der Waals surface area (Å²) in [6, 6.07) is -1.07. The van der Waals surface area contributed by atoms with E-state index in [0.717, 1.165) is 0 Å². The highest BCUT2D eigenvalue weighted by molar-refractivity contribution is 5.71. The Labute approximate surface area is 239 Å². The number of primary amides is 1. The van der Waals surface area contributed by atoms with Crippen LogP contribution in [0, 0.1) is 5.41 Å². The van der Waals surface area contributed by atoms with Crippen LogP contribution in [0.4, 0.5) is 4.79 Å². The van der Waals surface area contributed by atoms with Crippen LogP contribution in [0.2, 0.25) is 0 Å². The molecule has 2 saturated heterocycles. The van der Waals surface area contributed by atoms with E-state index in [9.17, 15) is 51.1 Å². The maximum Gasteiger partial charge on any atom is 0.402 e. The molecule has 2 aliphatic heterocycles. The van der Waals surface area contributed by atoms with Gasteiger partial charge in [-0.1, -0.05) is 0 Å². The van der Waals surface area contributed by atoms with E-state index in [2.05, 4.69) is 22.5 Å². The lowest BCUT2D eigenvalue weighted by atomic mass is 9.84. The first-order chi connectivity index (χ1) is 19.4. The molecule has 0 bridgehead atoms. The van der Waals surface area contributed by atoms with Crippen LogP contribution in [0.1, 0.15) is 6.92 Å². The number of aliphatic hydroxyl groups is 10. The van der Waals surface area contributed by atoms with E-state index in [1.807, 2.05) is 0 Å².